The van der Waals surface area contributed by atoms with Crippen molar-refractivity contribution in [2.75, 3.05) is 11.9 Å². The molecule has 0 fully saturated rings. The van der Waals surface area contributed by atoms with Crippen molar-refractivity contribution in [1.82, 2.24) is 0 Å². The number of nitro groups is 1. The van der Waals surface area contributed by atoms with Gasteiger partial charge in [-0.25, -0.2) is 0 Å². The molecule has 0 saturated heterocycles. The van der Waals surface area contributed by atoms with Crippen molar-refractivity contribution in [3.8, 4) is 0 Å². The summed E-state index contributed by atoms with van der Waals surface area (Å²) in [6, 6.07) is 6.66. The van der Waals surface area contributed by atoms with E-state index >= 15 is 0 Å². The van der Waals surface area contributed by atoms with E-state index in [4.69, 9.17) is 4.74 Å². The Bertz CT molecular complexity index is 538. The third kappa shape index (κ3) is 8.50. The first-order valence-electron chi connectivity index (χ1n) is 8.49. The van der Waals surface area contributed by atoms with Gasteiger partial charge in [-0.1, -0.05) is 31.4 Å². The standard InChI is InChI=1S/C18H28N2O4/c1-18(2,3)24-17(21)13-7-5-4-6-10-14-19-15-11-8-9-12-16(15)20(22)23/h8-9,11-12,19H,4-7,10,13-14H2,1-3H3. The number of unbranched alkanes of at least 4 members (excludes halogenated alkanes) is 4. The Labute approximate surface area is 143 Å². The highest BCUT2D eigenvalue weighted by atomic mass is 16.6. The molecule has 0 atom stereocenters. The van der Waals surface area contributed by atoms with E-state index in [2.05, 4.69) is 5.32 Å². The van der Waals surface area contributed by atoms with Crippen molar-refractivity contribution < 1.29 is 14.5 Å². The van der Waals surface area contributed by atoms with Gasteiger partial charge in [0.15, 0.2) is 0 Å². The molecule has 0 radical (unpaired) electrons. The molecular formula is C18H28N2O4. The molecule has 6 heteroatoms. The number of carbonyl (C=O) groups is 1. The number of para-hydroxylation sites is 2. The summed E-state index contributed by atoms with van der Waals surface area (Å²) in [6.45, 7) is 6.32. The predicted octanol–water partition coefficient (Wildman–Crippen LogP) is 4.69. The van der Waals surface area contributed by atoms with Gasteiger partial charge in [-0.05, 0) is 39.7 Å². The highest BCUT2D eigenvalue weighted by Crippen LogP contribution is 2.23. The lowest BCUT2D eigenvalue weighted by Crippen LogP contribution is -2.23. The number of nitro benzene ring substituents is 1. The molecule has 0 bridgehead atoms. The average molecular weight is 336 g/mol. The Hall–Kier alpha value is -2.11. The minimum Gasteiger partial charge on any atom is -0.460 e. The Morgan fingerprint density at radius 2 is 1.75 bits per heavy atom. The molecule has 1 aromatic carbocycles. The fourth-order valence-corrected chi connectivity index (χ4v) is 2.32. The van der Waals surface area contributed by atoms with Gasteiger partial charge in [0.05, 0.1) is 4.92 Å². The lowest BCUT2D eigenvalue weighted by atomic mass is 10.1. The third-order valence-corrected chi connectivity index (χ3v) is 3.39. The Kier molecular flexibility index (Phi) is 8.22. The van der Waals surface area contributed by atoms with Crippen LogP contribution >= 0.6 is 0 Å². The molecule has 0 aliphatic rings. The van der Waals surface area contributed by atoms with Crippen LogP contribution in [-0.2, 0) is 9.53 Å². The van der Waals surface area contributed by atoms with Crippen molar-refractivity contribution >= 4 is 17.3 Å². The van der Waals surface area contributed by atoms with Crippen LogP contribution in [0, 0.1) is 10.1 Å². The second-order valence-electron chi connectivity index (χ2n) is 6.81. The van der Waals surface area contributed by atoms with Gasteiger partial charge in [-0.3, -0.25) is 14.9 Å². The normalized spacial score (nSPS) is 11.1. The summed E-state index contributed by atoms with van der Waals surface area (Å²) in [6.07, 6.45) is 5.31. The number of carbonyl (C=O) groups excluding carboxylic acids is 1. The molecule has 0 heterocycles. The van der Waals surface area contributed by atoms with Gasteiger partial charge in [0, 0.05) is 19.0 Å². The van der Waals surface area contributed by atoms with Gasteiger partial charge in [-0.15, -0.1) is 0 Å². The van der Waals surface area contributed by atoms with Crippen molar-refractivity contribution in [3.63, 3.8) is 0 Å². The number of nitrogens with zero attached hydrogens (tertiary/aromatic N) is 1. The summed E-state index contributed by atoms with van der Waals surface area (Å²) in [7, 11) is 0. The predicted molar refractivity (Wildman–Crippen MR) is 95.1 cm³/mol. The van der Waals surface area contributed by atoms with Crippen LogP contribution in [0.15, 0.2) is 24.3 Å². The molecule has 0 unspecified atom stereocenters. The Balaban J connectivity index is 2.09. The highest BCUT2D eigenvalue weighted by molar-refractivity contribution is 5.69. The lowest BCUT2D eigenvalue weighted by Gasteiger charge is -2.19. The SMILES string of the molecule is CC(C)(C)OC(=O)CCCCCCCNc1ccccc1[N+](=O)[O-]. The van der Waals surface area contributed by atoms with Crippen LogP contribution in [-0.4, -0.2) is 23.0 Å². The van der Waals surface area contributed by atoms with E-state index in [1.54, 1.807) is 18.2 Å². The molecule has 1 N–H and O–H groups in total. The number of hydrogen-bond acceptors (Lipinski definition) is 5. The summed E-state index contributed by atoms with van der Waals surface area (Å²) in [5, 5.41) is 14.0. The summed E-state index contributed by atoms with van der Waals surface area (Å²) in [5.41, 5.74) is 0.255. The fraction of sp³-hybridized carbons (Fsp3) is 0.611. The molecule has 0 spiro atoms. The molecule has 0 saturated carbocycles. The van der Waals surface area contributed by atoms with Gasteiger partial charge in [0.2, 0.25) is 0 Å². The summed E-state index contributed by atoms with van der Waals surface area (Å²) >= 11 is 0. The maximum atomic E-state index is 11.6. The van der Waals surface area contributed by atoms with Crippen LogP contribution in [0.1, 0.15) is 59.3 Å². The molecule has 0 amide bonds. The van der Waals surface area contributed by atoms with Crippen molar-refractivity contribution in [1.29, 1.82) is 0 Å². The molecular weight excluding hydrogens is 308 g/mol. The lowest BCUT2D eigenvalue weighted by molar-refractivity contribution is -0.384. The van der Waals surface area contributed by atoms with Crippen LogP contribution in [0.25, 0.3) is 0 Å². The van der Waals surface area contributed by atoms with E-state index in [1.165, 1.54) is 6.07 Å². The van der Waals surface area contributed by atoms with E-state index in [0.29, 0.717) is 18.7 Å². The number of rotatable bonds is 10. The van der Waals surface area contributed by atoms with Crippen molar-refractivity contribution in [2.24, 2.45) is 0 Å². The minimum absolute atomic E-state index is 0.106. The van der Waals surface area contributed by atoms with Crippen LogP contribution in [0.4, 0.5) is 11.4 Å². The number of hydrogen-bond donors (Lipinski definition) is 1. The zero-order valence-corrected chi connectivity index (χ0v) is 14.8. The van der Waals surface area contributed by atoms with Crippen molar-refractivity contribution in [2.45, 2.75) is 64.9 Å². The third-order valence-electron chi connectivity index (χ3n) is 3.39. The summed E-state index contributed by atoms with van der Waals surface area (Å²) < 4.78 is 5.26. The number of ether oxygens (including phenoxy) is 1. The van der Waals surface area contributed by atoms with E-state index < -0.39 is 5.60 Å². The van der Waals surface area contributed by atoms with E-state index in [0.717, 1.165) is 32.1 Å². The minimum atomic E-state index is -0.414. The molecule has 0 aromatic heterocycles. The monoisotopic (exact) mass is 336 g/mol. The van der Waals surface area contributed by atoms with Gasteiger partial charge in [0.25, 0.3) is 5.69 Å². The average Bonchev–Trinajstić information content (AvgIpc) is 2.48. The summed E-state index contributed by atoms with van der Waals surface area (Å²) in [4.78, 5) is 22.1. The van der Waals surface area contributed by atoms with E-state index in [1.807, 2.05) is 20.8 Å². The van der Waals surface area contributed by atoms with Crippen LogP contribution < -0.4 is 5.32 Å². The first kappa shape index (κ1) is 19.9. The molecule has 0 aliphatic carbocycles. The maximum Gasteiger partial charge on any atom is 0.306 e. The zero-order valence-electron chi connectivity index (χ0n) is 14.8. The van der Waals surface area contributed by atoms with Gasteiger partial charge >= 0.3 is 5.97 Å². The second-order valence-corrected chi connectivity index (χ2v) is 6.81. The second kappa shape index (κ2) is 9.90. The zero-order chi connectivity index (χ0) is 18.0. The first-order valence-corrected chi connectivity index (χ1v) is 8.49. The number of esters is 1. The van der Waals surface area contributed by atoms with Crippen LogP contribution in [0.5, 0.6) is 0 Å². The highest BCUT2D eigenvalue weighted by Gasteiger charge is 2.15. The molecule has 1 aromatic rings. The molecule has 24 heavy (non-hydrogen) atoms. The number of anilines is 1. The largest absolute Gasteiger partial charge is 0.460 e. The number of benzene rings is 1. The topological polar surface area (TPSA) is 81.5 Å². The maximum absolute atomic E-state index is 11.6. The van der Waals surface area contributed by atoms with Crippen LogP contribution in [0.2, 0.25) is 0 Å². The number of nitrogens with one attached hydrogen (secondary N) is 1. The van der Waals surface area contributed by atoms with Gasteiger partial charge in [-0.2, -0.15) is 0 Å². The molecule has 0 aliphatic heterocycles. The van der Waals surface area contributed by atoms with Crippen LogP contribution in [0.3, 0.4) is 0 Å². The summed E-state index contributed by atoms with van der Waals surface area (Å²) in [5.74, 6) is -0.138. The molecule has 6 nitrogen and oxygen atoms in total. The fourth-order valence-electron chi connectivity index (χ4n) is 2.32. The van der Waals surface area contributed by atoms with Gasteiger partial charge < -0.3 is 10.1 Å². The first-order chi connectivity index (χ1) is 11.3. The Morgan fingerprint density at radius 1 is 1.12 bits per heavy atom. The van der Waals surface area contributed by atoms with E-state index in [9.17, 15) is 14.9 Å². The quantitative estimate of drug-likeness (QED) is 0.290. The molecule has 134 valence electrons. The van der Waals surface area contributed by atoms with E-state index in [-0.39, 0.29) is 16.6 Å². The smallest absolute Gasteiger partial charge is 0.306 e. The van der Waals surface area contributed by atoms with Crippen molar-refractivity contribution in [3.05, 3.63) is 34.4 Å². The molecule has 1 rings (SSSR count). The Morgan fingerprint density at radius 3 is 2.42 bits per heavy atom. The van der Waals surface area contributed by atoms with Gasteiger partial charge in [0.1, 0.15) is 11.3 Å².